The lowest BCUT2D eigenvalue weighted by molar-refractivity contribution is -0.138. The van der Waals surface area contributed by atoms with Crippen molar-refractivity contribution < 1.29 is 18.0 Å². The second-order valence-electron chi connectivity index (χ2n) is 5.01. The Kier molecular flexibility index (Phi) is 5.23. The normalized spacial score (nSPS) is 11.1. The van der Waals surface area contributed by atoms with Crippen LogP contribution in [0.3, 0.4) is 0 Å². The number of nitrogens with zero attached hydrogens (tertiary/aromatic N) is 2. The number of amides is 1. The van der Waals surface area contributed by atoms with Crippen molar-refractivity contribution in [3.63, 3.8) is 0 Å². The molecule has 24 heavy (non-hydrogen) atoms. The van der Waals surface area contributed by atoms with Crippen molar-refractivity contribution in [2.45, 2.75) is 12.7 Å². The van der Waals surface area contributed by atoms with Crippen LogP contribution in [0.1, 0.15) is 5.56 Å². The third-order valence-corrected chi connectivity index (χ3v) is 3.30. The van der Waals surface area contributed by atoms with Crippen molar-refractivity contribution in [1.82, 2.24) is 4.57 Å². The summed E-state index contributed by atoms with van der Waals surface area (Å²) < 4.78 is 39.0. The fraction of sp³-hybridized carbons (Fsp3) is 0.176. The van der Waals surface area contributed by atoms with Crippen LogP contribution in [0.2, 0.25) is 0 Å². The van der Waals surface area contributed by atoms with Gasteiger partial charge in [-0.1, -0.05) is 24.3 Å². The van der Waals surface area contributed by atoms with Gasteiger partial charge in [0.2, 0.25) is 5.91 Å². The van der Waals surface area contributed by atoms with E-state index in [2.05, 4.69) is 6.58 Å². The van der Waals surface area contributed by atoms with Crippen molar-refractivity contribution in [2.24, 2.45) is 0 Å². The molecule has 0 atom stereocenters. The van der Waals surface area contributed by atoms with Crippen LogP contribution in [0.15, 0.2) is 66.1 Å². The number of carbonyl (C=O) groups excluding carboxylic acids is 1. The molecule has 0 spiro atoms. The third kappa shape index (κ3) is 4.13. The van der Waals surface area contributed by atoms with Gasteiger partial charge in [-0.2, -0.15) is 13.2 Å². The van der Waals surface area contributed by atoms with Gasteiger partial charge in [-0.25, -0.2) is 0 Å². The largest absolute Gasteiger partial charge is 0.417 e. The van der Waals surface area contributed by atoms with Gasteiger partial charge in [-0.15, -0.1) is 6.58 Å². The van der Waals surface area contributed by atoms with Crippen molar-refractivity contribution >= 4 is 11.6 Å². The molecule has 0 unspecified atom stereocenters. The molecule has 0 bridgehead atoms. The smallest absolute Gasteiger partial charge is 0.307 e. The van der Waals surface area contributed by atoms with Gasteiger partial charge >= 0.3 is 6.18 Å². The molecule has 0 saturated heterocycles. The highest BCUT2D eigenvalue weighted by Gasteiger charge is 2.31. The molecule has 1 aromatic carbocycles. The molecular weight excluding hydrogens is 321 g/mol. The fourth-order valence-electron chi connectivity index (χ4n) is 2.14. The van der Waals surface area contributed by atoms with Crippen molar-refractivity contribution in [2.75, 3.05) is 11.4 Å². The molecule has 0 N–H and O–H groups in total. The maximum Gasteiger partial charge on any atom is 0.417 e. The summed E-state index contributed by atoms with van der Waals surface area (Å²) in [6.07, 6.45) is -2.43. The number of para-hydroxylation sites is 1. The van der Waals surface area contributed by atoms with Crippen LogP contribution in [-0.4, -0.2) is 17.0 Å². The second-order valence-corrected chi connectivity index (χ2v) is 5.01. The molecule has 0 radical (unpaired) electrons. The molecule has 1 aromatic heterocycles. The van der Waals surface area contributed by atoms with Crippen LogP contribution in [0.25, 0.3) is 0 Å². The Bertz CT molecular complexity index is 782. The minimum Gasteiger partial charge on any atom is -0.307 e. The molecule has 1 heterocycles. The zero-order chi connectivity index (χ0) is 17.7. The van der Waals surface area contributed by atoms with Gasteiger partial charge in [-0.05, 0) is 18.2 Å². The maximum absolute atomic E-state index is 12.8. The number of anilines is 1. The predicted octanol–water partition coefficient (Wildman–Crippen LogP) is 3.09. The molecule has 1 amide bonds. The van der Waals surface area contributed by atoms with Gasteiger partial charge in [0, 0.05) is 24.5 Å². The predicted molar refractivity (Wildman–Crippen MR) is 84.7 cm³/mol. The number of rotatable bonds is 5. The van der Waals surface area contributed by atoms with Crippen LogP contribution in [-0.2, 0) is 17.5 Å². The Hall–Kier alpha value is -2.83. The molecule has 0 saturated carbocycles. The van der Waals surface area contributed by atoms with Gasteiger partial charge in [-0.3, -0.25) is 9.59 Å². The Labute approximate surface area is 136 Å². The van der Waals surface area contributed by atoms with Crippen LogP contribution in [0.4, 0.5) is 18.9 Å². The zero-order valence-corrected chi connectivity index (χ0v) is 12.7. The third-order valence-electron chi connectivity index (χ3n) is 3.30. The van der Waals surface area contributed by atoms with Crippen LogP contribution < -0.4 is 10.5 Å². The van der Waals surface area contributed by atoms with E-state index >= 15 is 0 Å². The van der Waals surface area contributed by atoms with Crippen LogP contribution in [0.5, 0.6) is 0 Å². The summed E-state index contributed by atoms with van der Waals surface area (Å²) in [5.41, 5.74) is -1.09. The summed E-state index contributed by atoms with van der Waals surface area (Å²) >= 11 is 0. The standard InChI is InChI=1S/C17H15F3N2O2/c1-2-10-22(14-6-4-3-5-7-14)16(24)12-21-11-13(17(18,19)20)8-9-15(21)23/h2-9,11H,1,10,12H2. The number of aromatic nitrogens is 1. The van der Waals surface area contributed by atoms with Crippen LogP contribution >= 0.6 is 0 Å². The highest BCUT2D eigenvalue weighted by molar-refractivity contribution is 5.93. The Morgan fingerprint density at radius 1 is 1.17 bits per heavy atom. The molecule has 0 aliphatic heterocycles. The zero-order valence-electron chi connectivity index (χ0n) is 12.7. The lowest BCUT2D eigenvalue weighted by Crippen LogP contribution is -2.36. The van der Waals surface area contributed by atoms with Crippen molar-refractivity contribution in [1.29, 1.82) is 0 Å². The molecule has 0 aliphatic rings. The summed E-state index contributed by atoms with van der Waals surface area (Å²) in [5.74, 6) is -0.512. The van der Waals surface area contributed by atoms with Crippen LogP contribution in [0, 0.1) is 0 Å². The molecule has 0 aliphatic carbocycles. The van der Waals surface area contributed by atoms with Gasteiger partial charge in [0.05, 0.1) is 5.56 Å². The summed E-state index contributed by atoms with van der Waals surface area (Å²) in [4.78, 5) is 25.6. The van der Waals surface area contributed by atoms with Gasteiger partial charge in [0.25, 0.3) is 5.56 Å². The molecule has 4 nitrogen and oxygen atoms in total. The monoisotopic (exact) mass is 336 g/mol. The highest BCUT2D eigenvalue weighted by atomic mass is 19.4. The first-order chi connectivity index (χ1) is 11.3. The number of benzene rings is 1. The summed E-state index contributed by atoms with van der Waals surface area (Å²) in [7, 11) is 0. The van der Waals surface area contributed by atoms with E-state index in [0.29, 0.717) is 18.0 Å². The summed E-state index contributed by atoms with van der Waals surface area (Å²) in [5, 5.41) is 0. The van der Waals surface area contributed by atoms with E-state index in [-0.39, 0.29) is 6.54 Å². The maximum atomic E-state index is 12.8. The average Bonchev–Trinajstić information content (AvgIpc) is 2.54. The van der Waals surface area contributed by atoms with Crippen molar-refractivity contribution in [3.05, 3.63) is 77.2 Å². The lowest BCUT2D eigenvalue weighted by Gasteiger charge is -2.22. The quantitative estimate of drug-likeness (QED) is 0.788. The number of carbonyl (C=O) groups is 1. The Balaban J connectivity index is 2.30. The minimum atomic E-state index is -4.58. The molecule has 0 fully saturated rings. The Morgan fingerprint density at radius 2 is 1.83 bits per heavy atom. The van der Waals surface area contributed by atoms with E-state index in [4.69, 9.17) is 0 Å². The SMILES string of the molecule is C=CCN(C(=O)Cn1cc(C(F)(F)F)ccc1=O)c1ccccc1. The lowest BCUT2D eigenvalue weighted by atomic mass is 10.2. The van der Waals surface area contributed by atoms with Crippen molar-refractivity contribution in [3.8, 4) is 0 Å². The number of hydrogen-bond donors (Lipinski definition) is 0. The summed E-state index contributed by atoms with van der Waals surface area (Å²) in [6, 6.07) is 10.1. The summed E-state index contributed by atoms with van der Waals surface area (Å²) in [6.45, 7) is 3.25. The number of alkyl halides is 3. The average molecular weight is 336 g/mol. The first-order valence-electron chi connectivity index (χ1n) is 7.07. The number of pyridine rings is 1. The first kappa shape index (κ1) is 17.5. The minimum absolute atomic E-state index is 0.177. The molecular formula is C17H15F3N2O2. The van der Waals surface area contributed by atoms with E-state index in [0.717, 1.165) is 10.6 Å². The Morgan fingerprint density at radius 3 is 2.42 bits per heavy atom. The molecule has 2 rings (SSSR count). The molecule has 7 heteroatoms. The topological polar surface area (TPSA) is 42.3 Å². The second kappa shape index (κ2) is 7.16. The molecule has 2 aromatic rings. The van der Waals surface area contributed by atoms with E-state index in [1.807, 2.05) is 0 Å². The van der Waals surface area contributed by atoms with E-state index in [1.165, 1.54) is 11.0 Å². The van der Waals surface area contributed by atoms with Gasteiger partial charge in [0.15, 0.2) is 0 Å². The van der Waals surface area contributed by atoms with Gasteiger partial charge < -0.3 is 9.47 Å². The van der Waals surface area contributed by atoms with E-state index < -0.39 is 29.8 Å². The van der Waals surface area contributed by atoms with E-state index in [1.54, 1.807) is 30.3 Å². The van der Waals surface area contributed by atoms with E-state index in [9.17, 15) is 22.8 Å². The first-order valence-corrected chi connectivity index (χ1v) is 7.07. The number of halogens is 3. The fourth-order valence-corrected chi connectivity index (χ4v) is 2.14. The highest BCUT2D eigenvalue weighted by Crippen LogP contribution is 2.28. The van der Waals surface area contributed by atoms with Gasteiger partial charge in [0.1, 0.15) is 6.54 Å². The number of hydrogen-bond acceptors (Lipinski definition) is 2. The molecule has 126 valence electrons.